The summed E-state index contributed by atoms with van der Waals surface area (Å²) >= 11 is 0. The zero-order valence-corrected chi connectivity index (χ0v) is 12.8. The second-order valence-electron chi connectivity index (χ2n) is 4.15. The minimum atomic E-state index is -0.461. The predicted molar refractivity (Wildman–Crippen MR) is 77.6 cm³/mol. The van der Waals surface area contributed by atoms with Gasteiger partial charge in [-0.3, -0.25) is 0 Å². The van der Waals surface area contributed by atoms with Gasteiger partial charge >= 0.3 is 6.03 Å². The van der Waals surface area contributed by atoms with Gasteiger partial charge in [-0.25, -0.2) is 4.79 Å². The van der Waals surface area contributed by atoms with Gasteiger partial charge in [-0.05, 0) is 17.7 Å². The number of hydrogen-bond donors (Lipinski definition) is 2. The monoisotopic (exact) mass is 298 g/mol. The van der Waals surface area contributed by atoms with Crippen LogP contribution in [0.15, 0.2) is 18.2 Å². The summed E-state index contributed by atoms with van der Waals surface area (Å²) in [5.74, 6) is 1.27. The van der Waals surface area contributed by atoms with Crippen LogP contribution in [0, 0.1) is 0 Å². The summed E-state index contributed by atoms with van der Waals surface area (Å²) in [6.07, 6.45) is -0.461. The van der Waals surface area contributed by atoms with Crippen molar-refractivity contribution in [1.82, 2.24) is 10.6 Å². The summed E-state index contributed by atoms with van der Waals surface area (Å²) in [6.45, 7) is 0.640. The fourth-order valence-electron chi connectivity index (χ4n) is 1.67. The van der Waals surface area contributed by atoms with Gasteiger partial charge in [0, 0.05) is 20.8 Å². The zero-order valence-electron chi connectivity index (χ0n) is 12.8. The van der Waals surface area contributed by atoms with Crippen molar-refractivity contribution in [3.05, 3.63) is 23.8 Å². The Kier molecular flexibility index (Phi) is 7.34. The van der Waals surface area contributed by atoms with Crippen LogP contribution in [0.4, 0.5) is 4.79 Å². The lowest BCUT2D eigenvalue weighted by molar-refractivity contribution is -0.0971. The van der Waals surface area contributed by atoms with Crippen LogP contribution in [-0.4, -0.2) is 47.3 Å². The SMILES string of the molecule is COc1ccc(CNC(=O)NCC(OC)OC)cc1OC. The van der Waals surface area contributed by atoms with Gasteiger partial charge in [-0.1, -0.05) is 6.07 Å². The number of carbonyl (C=O) groups is 1. The van der Waals surface area contributed by atoms with Crippen molar-refractivity contribution < 1.29 is 23.7 Å². The quantitative estimate of drug-likeness (QED) is 0.703. The van der Waals surface area contributed by atoms with Crippen LogP contribution >= 0.6 is 0 Å². The highest BCUT2D eigenvalue weighted by atomic mass is 16.7. The third kappa shape index (κ3) is 5.49. The number of methoxy groups -OCH3 is 4. The fraction of sp³-hybridized carbons (Fsp3) is 0.500. The van der Waals surface area contributed by atoms with Gasteiger partial charge in [-0.2, -0.15) is 0 Å². The van der Waals surface area contributed by atoms with E-state index in [1.54, 1.807) is 20.3 Å². The maximum Gasteiger partial charge on any atom is 0.315 e. The van der Waals surface area contributed by atoms with Gasteiger partial charge in [0.2, 0.25) is 0 Å². The minimum absolute atomic E-state index is 0.269. The molecule has 0 spiro atoms. The molecule has 0 saturated carbocycles. The highest BCUT2D eigenvalue weighted by molar-refractivity contribution is 5.73. The average Bonchev–Trinajstić information content (AvgIpc) is 2.53. The molecule has 1 rings (SSSR count). The normalized spacial score (nSPS) is 10.3. The van der Waals surface area contributed by atoms with Crippen LogP contribution in [0.1, 0.15) is 5.56 Å². The molecule has 2 amide bonds. The molecule has 0 bridgehead atoms. The number of ether oxygens (including phenoxy) is 4. The Labute approximate surface area is 124 Å². The Hall–Kier alpha value is -1.99. The third-order valence-corrected chi connectivity index (χ3v) is 2.86. The molecule has 7 nitrogen and oxygen atoms in total. The largest absolute Gasteiger partial charge is 0.493 e. The van der Waals surface area contributed by atoms with Crippen LogP contribution in [0.5, 0.6) is 11.5 Å². The lowest BCUT2D eigenvalue weighted by atomic mass is 10.2. The summed E-state index contributed by atoms with van der Waals surface area (Å²) in [5, 5.41) is 5.38. The summed E-state index contributed by atoms with van der Waals surface area (Å²) in [6, 6.07) is 5.16. The molecule has 0 fully saturated rings. The molecule has 0 heterocycles. The van der Waals surface area contributed by atoms with E-state index in [1.165, 1.54) is 14.2 Å². The van der Waals surface area contributed by atoms with Crippen LogP contribution in [0.2, 0.25) is 0 Å². The Morgan fingerprint density at radius 1 is 1.05 bits per heavy atom. The maximum absolute atomic E-state index is 11.6. The number of amides is 2. The van der Waals surface area contributed by atoms with Crippen LogP contribution in [0.25, 0.3) is 0 Å². The van der Waals surface area contributed by atoms with E-state index in [2.05, 4.69) is 10.6 Å². The van der Waals surface area contributed by atoms with Crippen molar-refractivity contribution in [3.63, 3.8) is 0 Å². The molecule has 21 heavy (non-hydrogen) atoms. The molecule has 0 saturated heterocycles. The van der Waals surface area contributed by atoms with Crippen LogP contribution < -0.4 is 20.1 Å². The molecule has 0 radical (unpaired) electrons. The molecule has 0 aliphatic rings. The first-order valence-electron chi connectivity index (χ1n) is 6.42. The number of benzene rings is 1. The second kappa shape index (κ2) is 9.04. The molecule has 0 aliphatic carbocycles. The van der Waals surface area contributed by atoms with E-state index < -0.39 is 6.29 Å². The highest BCUT2D eigenvalue weighted by Crippen LogP contribution is 2.27. The van der Waals surface area contributed by atoms with E-state index in [0.717, 1.165) is 5.56 Å². The summed E-state index contributed by atoms with van der Waals surface area (Å²) in [4.78, 5) is 11.6. The van der Waals surface area contributed by atoms with E-state index in [0.29, 0.717) is 18.0 Å². The summed E-state index contributed by atoms with van der Waals surface area (Å²) in [7, 11) is 6.16. The van der Waals surface area contributed by atoms with Gasteiger partial charge in [0.05, 0.1) is 20.8 Å². The Balaban J connectivity index is 2.46. The number of urea groups is 1. The van der Waals surface area contributed by atoms with Crippen molar-refractivity contribution in [2.24, 2.45) is 0 Å². The topological polar surface area (TPSA) is 78.1 Å². The average molecular weight is 298 g/mol. The van der Waals surface area contributed by atoms with Crippen molar-refractivity contribution >= 4 is 6.03 Å². The van der Waals surface area contributed by atoms with Gasteiger partial charge in [0.15, 0.2) is 17.8 Å². The molecular formula is C14H22N2O5. The first-order valence-corrected chi connectivity index (χ1v) is 6.42. The number of nitrogens with one attached hydrogen (secondary N) is 2. The van der Waals surface area contributed by atoms with E-state index in [4.69, 9.17) is 18.9 Å². The summed E-state index contributed by atoms with van der Waals surface area (Å²) < 4.78 is 20.3. The van der Waals surface area contributed by atoms with Gasteiger partial charge < -0.3 is 29.6 Å². The smallest absolute Gasteiger partial charge is 0.315 e. The van der Waals surface area contributed by atoms with Crippen molar-refractivity contribution in [1.29, 1.82) is 0 Å². The fourth-order valence-corrected chi connectivity index (χ4v) is 1.67. The van der Waals surface area contributed by atoms with E-state index in [-0.39, 0.29) is 12.6 Å². The zero-order chi connectivity index (χ0) is 15.7. The first kappa shape index (κ1) is 17.1. The molecule has 1 aromatic rings. The van der Waals surface area contributed by atoms with E-state index >= 15 is 0 Å². The van der Waals surface area contributed by atoms with Gasteiger partial charge in [0.1, 0.15) is 0 Å². The van der Waals surface area contributed by atoms with Crippen molar-refractivity contribution in [2.75, 3.05) is 35.0 Å². The molecule has 1 aromatic carbocycles. The van der Waals surface area contributed by atoms with Gasteiger partial charge in [0.25, 0.3) is 0 Å². The minimum Gasteiger partial charge on any atom is -0.493 e. The lowest BCUT2D eigenvalue weighted by Crippen LogP contribution is -2.40. The highest BCUT2D eigenvalue weighted by Gasteiger charge is 2.08. The van der Waals surface area contributed by atoms with Gasteiger partial charge in [-0.15, -0.1) is 0 Å². The third-order valence-electron chi connectivity index (χ3n) is 2.86. The van der Waals surface area contributed by atoms with E-state index in [1.807, 2.05) is 12.1 Å². The summed E-state index contributed by atoms with van der Waals surface area (Å²) in [5.41, 5.74) is 0.901. The molecule has 7 heteroatoms. The second-order valence-corrected chi connectivity index (χ2v) is 4.15. The molecule has 0 aromatic heterocycles. The molecule has 0 atom stereocenters. The molecule has 0 unspecified atom stereocenters. The first-order chi connectivity index (χ1) is 10.1. The number of hydrogen-bond acceptors (Lipinski definition) is 5. The number of rotatable bonds is 8. The molecule has 2 N–H and O–H groups in total. The lowest BCUT2D eigenvalue weighted by Gasteiger charge is -2.15. The molecule has 118 valence electrons. The molecule has 0 aliphatic heterocycles. The predicted octanol–water partition coefficient (Wildman–Crippen LogP) is 1.12. The Morgan fingerprint density at radius 3 is 2.29 bits per heavy atom. The van der Waals surface area contributed by atoms with E-state index in [9.17, 15) is 4.79 Å². The standard InChI is InChI=1S/C14H22N2O5/c1-18-11-6-5-10(7-12(11)19-2)8-15-14(17)16-9-13(20-3)21-4/h5-7,13H,8-9H2,1-4H3,(H2,15,16,17). The Morgan fingerprint density at radius 2 is 1.71 bits per heavy atom. The molecular weight excluding hydrogens is 276 g/mol. The number of carbonyl (C=O) groups excluding carboxylic acids is 1. The van der Waals surface area contributed by atoms with Crippen molar-refractivity contribution in [2.45, 2.75) is 12.8 Å². The van der Waals surface area contributed by atoms with Crippen LogP contribution in [-0.2, 0) is 16.0 Å². The maximum atomic E-state index is 11.6. The van der Waals surface area contributed by atoms with Crippen LogP contribution in [0.3, 0.4) is 0 Å². The van der Waals surface area contributed by atoms with Crippen molar-refractivity contribution in [3.8, 4) is 11.5 Å². The Bertz CT molecular complexity index is 449.